The number of nitrogens with zero attached hydrogens (tertiary/aromatic N) is 6. The van der Waals surface area contributed by atoms with Gasteiger partial charge in [-0.1, -0.05) is 23.7 Å². The van der Waals surface area contributed by atoms with E-state index < -0.39 is 30.3 Å². The first kappa shape index (κ1) is 22.7. The van der Waals surface area contributed by atoms with Crippen LogP contribution in [0.15, 0.2) is 59.7 Å². The molecule has 0 amide bonds. The predicted molar refractivity (Wildman–Crippen MR) is 109 cm³/mol. The van der Waals surface area contributed by atoms with Crippen LogP contribution in [0.2, 0.25) is 5.02 Å². The van der Waals surface area contributed by atoms with Gasteiger partial charge in [0, 0.05) is 10.6 Å². The van der Waals surface area contributed by atoms with Gasteiger partial charge in [-0.15, -0.1) is 10.2 Å². The van der Waals surface area contributed by atoms with Crippen molar-refractivity contribution >= 4 is 11.6 Å². The van der Waals surface area contributed by atoms with Gasteiger partial charge >= 0.3 is 11.9 Å². The van der Waals surface area contributed by atoms with Gasteiger partial charge in [-0.25, -0.2) is 23.5 Å². The standard InChI is InChI=1S/C20H15ClF4N6O2/c21-13-7-5-12(6-8-13)18-28-30(19(33)29(18)9-16(32)20(23,24)25)10-17-26-11-31(27-17)15-4-2-1-3-14(15)22/h1-8,11,16,32H,9-10H2/t16-/m0/s1. The van der Waals surface area contributed by atoms with Crippen molar-refractivity contribution < 1.29 is 22.7 Å². The lowest BCUT2D eigenvalue weighted by molar-refractivity contribution is -0.207. The molecule has 0 bridgehead atoms. The Hall–Kier alpha value is -3.51. The van der Waals surface area contributed by atoms with Crippen LogP contribution < -0.4 is 5.69 Å². The maximum atomic E-state index is 14.0. The summed E-state index contributed by atoms with van der Waals surface area (Å²) in [6.45, 7) is -1.35. The summed E-state index contributed by atoms with van der Waals surface area (Å²) in [4.78, 5) is 16.9. The summed E-state index contributed by atoms with van der Waals surface area (Å²) >= 11 is 5.86. The normalized spacial score (nSPS) is 12.8. The molecule has 8 nitrogen and oxygen atoms in total. The molecule has 0 aliphatic rings. The highest BCUT2D eigenvalue weighted by Gasteiger charge is 2.39. The molecule has 0 radical (unpaired) electrons. The molecular weight excluding hydrogens is 468 g/mol. The number of aliphatic hydroxyl groups is 1. The van der Waals surface area contributed by atoms with E-state index in [1.54, 1.807) is 6.07 Å². The molecular formula is C20H15ClF4N6O2. The Morgan fingerprint density at radius 1 is 1.06 bits per heavy atom. The van der Waals surface area contributed by atoms with Crippen molar-refractivity contribution in [2.45, 2.75) is 25.4 Å². The molecule has 0 saturated heterocycles. The smallest absolute Gasteiger partial charge is 0.382 e. The molecule has 4 rings (SSSR count). The molecule has 0 fully saturated rings. The van der Waals surface area contributed by atoms with Gasteiger partial charge in [-0.2, -0.15) is 13.2 Å². The van der Waals surface area contributed by atoms with Crippen molar-refractivity contribution in [2.75, 3.05) is 0 Å². The van der Waals surface area contributed by atoms with Gasteiger partial charge in [-0.3, -0.25) is 4.57 Å². The van der Waals surface area contributed by atoms with Gasteiger partial charge in [0.15, 0.2) is 17.8 Å². The lowest BCUT2D eigenvalue weighted by atomic mass is 10.2. The lowest BCUT2D eigenvalue weighted by Crippen LogP contribution is -2.37. The van der Waals surface area contributed by atoms with E-state index in [9.17, 15) is 27.5 Å². The second-order valence-electron chi connectivity index (χ2n) is 7.00. The SMILES string of the molecule is O=c1n(Cc2ncn(-c3ccccc3F)n2)nc(-c2ccc(Cl)cc2)n1C[C@H](O)C(F)(F)F. The van der Waals surface area contributed by atoms with E-state index >= 15 is 0 Å². The largest absolute Gasteiger partial charge is 0.416 e. The van der Waals surface area contributed by atoms with E-state index in [2.05, 4.69) is 15.2 Å². The zero-order valence-electron chi connectivity index (χ0n) is 16.6. The number of aliphatic hydroxyl groups excluding tert-OH is 1. The molecule has 1 atom stereocenters. The number of benzene rings is 2. The average Bonchev–Trinajstić information content (AvgIpc) is 3.34. The molecule has 0 aliphatic heterocycles. The van der Waals surface area contributed by atoms with Crippen LogP contribution >= 0.6 is 11.6 Å². The van der Waals surface area contributed by atoms with Crippen molar-refractivity contribution in [3.8, 4) is 17.1 Å². The quantitative estimate of drug-likeness (QED) is 0.427. The number of halogens is 5. The summed E-state index contributed by atoms with van der Waals surface area (Å²) < 4.78 is 55.6. The number of para-hydroxylation sites is 1. The number of aromatic nitrogens is 6. The summed E-state index contributed by atoms with van der Waals surface area (Å²) in [6, 6.07) is 11.8. The Morgan fingerprint density at radius 2 is 1.76 bits per heavy atom. The van der Waals surface area contributed by atoms with Crippen molar-refractivity contribution in [3.63, 3.8) is 0 Å². The average molecular weight is 483 g/mol. The Kier molecular flexibility index (Phi) is 6.04. The van der Waals surface area contributed by atoms with Gasteiger partial charge in [0.05, 0.1) is 6.54 Å². The molecule has 0 saturated carbocycles. The van der Waals surface area contributed by atoms with Gasteiger partial charge in [0.1, 0.15) is 24.4 Å². The first-order chi connectivity index (χ1) is 15.6. The molecule has 33 heavy (non-hydrogen) atoms. The second-order valence-corrected chi connectivity index (χ2v) is 7.43. The summed E-state index contributed by atoms with van der Waals surface area (Å²) in [5, 5.41) is 18.1. The van der Waals surface area contributed by atoms with E-state index in [0.29, 0.717) is 10.6 Å². The maximum Gasteiger partial charge on any atom is 0.416 e. The van der Waals surface area contributed by atoms with Crippen LogP contribution in [0.4, 0.5) is 17.6 Å². The summed E-state index contributed by atoms with van der Waals surface area (Å²) in [5.41, 5.74) is -0.468. The fraction of sp³-hybridized carbons (Fsp3) is 0.200. The molecule has 1 N–H and O–H groups in total. The number of hydrogen-bond donors (Lipinski definition) is 1. The zero-order chi connectivity index (χ0) is 23.8. The van der Waals surface area contributed by atoms with E-state index in [1.165, 1.54) is 53.5 Å². The number of alkyl halides is 3. The first-order valence-corrected chi connectivity index (χ1v) is 9.85. The van der Waals surface area contributed by atoms with E-state index in [4.69, 9.17) is 11.6 Å². The highest BCUT2D eigenvalue weighted by atomic mass is 35.5. The van der Waals surface area contributed by atoms with Crippen molar-refractivity contribution in [3.05, 3.63) is 82.0 Å². The van der Waals surface area contributed by atoms with Crippen molar-refractivity contribution in [1.82, 2.24) is 29.1 Å². The summed E-state index contributed by atoms with van der Waals surface area (Å²) in [5.74, 6) is -0.570. The Morgan fingerprint density at radius 3 is 2.42 bits per heavy atom. The van der Waals surface area contributed by atoms with Gasteiger partial charge in [0.2, 0.25) is 0 Å². The van der Waals surface area contributed by atoms with Gasteiger partial charge in [-0.05, 0) is 36.4 Å². The van der Waals surface area contributed by atoms with E-state index in [-0.39, 0.29) is 23.9 Å². The topological polar surface area (TPSA) is 90.8 Å². The predicted octanol–water partition coefficient (Wildman–Crippen LogP) is 3.06. The lowest BCUT2D eigenvalue weighted by Gasteiger charge is -2.15. The van der Waals surface area contributed by atoms with Crippen LogP contribution in [0, 0.1) is 5.82 Å². The van der Waals surface area contributed by atoms with Crippen LogP contribution in [0.1, 0.15) is 5.82 Å². The molecule has 172 valence electrons. The first-order valence-electron chi connectivity index (χ1n) is 9.47. The van der Waals surface area contributed by atoms with Crippen LogP contribution in [-0.4, -0.2) is 46.5 Å². The zero-order valence-corrected chi connectivity index (χ0v) is 17.4. The summed E-state index contributed by atoms with van der Waals surface area (Å²) in [7, 11) is 0. The third-order valence-electron chi connectivity index (χ3n) is 4.69. The molecule has 4 aromatic rings. The monoisotopic (exact) mass is 482 g/mol. The van der Waals surface area contributed by atoms with Gasteiger partial charge < -0.3 is 5.11 Å². The Balaban J connectivity index is 1.71. The van der Waals surface area contributed by atoms with Crippen molar-refractivity contribution in [1.29, 1.82) is 0 Å². The fourth-order valence-corrected chi connectivity index (χ4v) is 3.18. The molecule has 2 heterocycles. The molecule has 0 spiro atoms. The van der Waals surface area contributed by atoms with Crippen LogP contribution in [0.25, 0.3) is 17.1 Å². The molecule has 2 aromatic carbocycles. The highest BCUT2D eigenvalue weighted by molar-refractivity contribution is 6.30. The Bertz CT molecular complexity index is 1330. The van der Waals surface area contributed by atoms with Crippen LogP contribution in [0.3, 0.4) is 0 Å². The third-order valence-corrected chi connectivity index (χ3v) is 4.94. The van der Waals surface area contributed by atoms with Gasteiger partial charge in [0.25, 0.3) is 0 Å². The molecule has 2 aromatic heterocycles. The third kappa shape index (κ3) is 4.81. The minimum Gasteiger partial charge on any atom is -0.382 e. The number of hydrogen-bond acceptors (Lipinski definition) is 5. The van der Waals surface area contributed by atoms with E-state index in [0.717, 1.165) is 9.25 Å². The molecule has 0 aliphatic carbocycles. The Labute approximate surface area is 188 Å². The second kappa shape index (κ2) is 8.79. The molecule has 13 heteroatoms. The summed E-state index contributed by atoms with van der Waals surface area (Å²) in [6.07, 6.45) is -6.47. The minimum atomic E-state index is -4.93. The highest BCUT2D eigenvalue weighted by Crippen LogP contribution is 2.24. The van der Waals surface area contributed by atoms with Crippen LogP contribution in [-0.2, 0) is 13.1 Å². The fourth-order valence-electron chi connectivity index (χ4n) is 3.05. The molecule has 0 unspecified atom stereocenters. The number of rotatable bonds is 6. The van der Waals surface area contributed by atoms with E-state index in [1.807, 2.05) is 0 Å². The van der Waals surface area contributed by atoms with Crippen molar-refractivity contribution in [2.24, 2.45) is 0 Å². The minimum absolute atomic E-state index is 0.0732. The maximum absolute atomic E-state index is 14.0. The van der Waals surface area contributed by atoms with Crippen LogP contribution in [0.5, 0.6) is 0 Å².